The standard InChI is InChI=1S/C14H10N2O4/c17-15(18)13-7-3-11(4-8-13)1-2-12-5-9-14(10-6-12)16(19)20/h3-10,17,19H/q-2. The third-order valence-corrected chi connectivity index (χ3v) is 2.53. The van der Waals surface area contributed by atoms with Crippen LogP contribution in [0, 0.1) is 22.3 Å². The first-order valence-corrected chi connectivity index (χ1v) is 5.61. The van der Waals surface area contributed by atoms with Gasteiger partial charge in [-0.15, -0.1) is 0 Å². The number of benzene rings is 2. The van der Waals surface area contributed by atoms with Gasteiger partial charge in [-0.1, -0.05) is 11.8 Å². The average molecular weight is 270 g/mol. The summed E-state index contributed by atoms with van der Waals surface area (Å²) in [6.07, 6.45) is 0. The van der Waals surface area contributed by atoms with E-state index in [9.17, 15) is 10.4 Å². The first-order chi connectivity index (χ1) is 9.56. The van der Waals surface area contributed by atoms with Crippen molar-refractivity contribution >= 4 is 11.4 Å². The zero-order valence-corrected chi connectivity index (χ0v) is 10.2. The highest BCUT2D eigenvalue weighted by molar-refractivity contribution is 5.52. The molecule has 0 bridgehead atoms. The van der Waals surface area contributed by atoms with Crippen molar-refractivity contribution in [3.63, 3.8) is 0 Å². The largest absolute Gasteiger partial charge is 0.733 e. The molecule has 0 heterocycles. The molecule has 2 N–H and O–H groups in total. The van der Waals surface area contributed by atoms with E-state index < -0.39 is 0 Å². The second-order valence-corrected chi connectivity index (χ2v) is 3.89. The fourth-order valence-electron chi connectivity index (χ4n) is 1.49. The van der Waals surface area contributed by atoms with Crippen LogP contribution >= 0.6 is 0 Å². The number of hydrogen-bond donors (Lipinski definition) is 2. The van der Waals surface area contributed by atoms with E-state index in [2.05, 4.69) is 11.8 Å². The van der Waals surface area contributed by atoms with Crippen molar-refractivity contribution in [3.05, 3.63) is 70.1 Å². The molecule has 102 valence electrons. The molecular formula is C14H10N2O4-2. The van der Waals surface area contributed by atoms with Crippen molar-refractivity contribution in [1.29, 1.82) is 0 Å². The minimum atomic E-state index is -0.223. The second-order valence-electron chi connectivity index (χ2n) is 3.89. The Morgan fingerprint density at radius 2 is 0.950 bits per heavy atom. The zero-order valence-electron chi connectivity index (χ0n) is 10.2. The van der Waals surface area contributed by atoms with Crippen molar-refractivity contribution < 1.29 is 10.4 Å². The maximum atomic E-state index is 10.6. The first kappa shape index (κ1) is 13.9. The molecule has 2 aromatic carbocycles. The van der Waals surface area contributed by atoms with Crippen LogP contribution in [0.1, 0.15) is 11.1 Å². The minimum absolute atomic E-state index is 0.124. The molecule has 6 nitrogen and oxygen atoms in total. The van der Waals surface area contributed by atoms with Gasteiger partial charge in [0.25, 0.3) is 0 Å². The number of anilines is 2. The molecule has 2 aromatic rings. The Hall–Kier alpha value is -2.56. The maximum Gasteiger partial charge on any atom is 0.0509 e. The van der Waals surface area contributed by atoms with Gasteiger partial charge < -0.3 is 20.9 Å². The zero-order chi connectivity index (χ0) is 14.5. The molecule has 0 fully saturated rings. The Balaban J connectivity index is 2.13. The van der Waals surface area contributed by atoms with Gasteiger partial charge in [-0.25, -0.2) is 0 Å². The lowest BCUT2D eigenvalue weighted by atomic mass is 10.1. The Kier molecular flexibility index (Phi) is 4.20. The summed E-state index contributed by atoms with van der Waals surface area (Å²) in [5.74, 6) is 5.74. The van der Waals surface area contributed by atoms with E-state index in [1.165, 1.54) is 24.3 Å². The molecule has 0 aromatic heterocycles. The van der Waals surface area contributed by atoms with Gasteiger partial charge in [-0.3, -0.25) is 10.4 Å². The molecule has 0 unspecified atom stereocenters. The third kappa shape index (κ3) is 3.47. The van der Waals surface area contributed by atoms with Gasteiger partial charge in [0.2, 0.25) is 0 Å². The SMILES string of the molecule is [O-]N(O)c1ccc(C#Cc2ccc(N([O-])O)cc2)cc1. The predicted molar refractivity (Wildman–Crippen MR) is 74.1 cm³/mol. The number of rotatable bonds is 2. The number of hydrogen-bond acceptors (Lipinski definition) is 6. The lowest BCUT2D eigenvalue weighted by Crippen LogP contribution is -2.06. The van der Waals surface area contributed by atoms with Gasteiger partial charge in [-0.2, -0.15) is 0 Å². The van der Waals surface area contributed by atoms with E-state index in [1.807, 2.05) is 0 Å². The van der Waals surface area contributed by atoms with E-state index in [-0.39, 0.29) is 21.8 Å². The Bertz CT molecular complexity index is 569. The summed E-state index contributed by atoms with van der Waals surface area (Å²) in [7, 11) is 0. The third-order valence-electron chi connectivity index (χ3n) is 2.53. The van der Waals surface area contributed by atoms with Crippen molar-refractivity contribution in [1.82, 2.24) is 0 Å². The molecule has 0 spiro atoms. The van der Waals surface area contributed by atoms with Crippen LogP contribution in [-0.4, -0.2) is 10.4 Å². The summed E-state index contributed by atoms with van der Waals surface area (Å²) < 4.78 is 0. The van der Waals surface area contributed by atoms with Gasteiger partial charge in [0, 0.05) is 11.1 Å². The quantitative estimate of drug-likeness (QED) is 0.643. The van der Waals surface area contributed by atoms with Gasteiger partial charge in [0.05, 0.1) is 11.4 Å². The number of nitrogens with zero attached hydrogens (tertiary/aromatic N) is 2. The molecule has 20 heavy (non-hydrogen) atoms. The van der Waals surface area contributed by atoms with E-state index >= 15 is 0 Å². The minimum Gasteiger partial charge on any atom is -0.733 e. The first-order valence-electron chi connectivity index (χ1n) is 5.61. The Morgan fingerprint density at radius 3 is 1.20 bits per heavy atom. The lowest BCUT2D eigenvalue weighted by Gasteiger charge is -2.21. The smallest absolute Gasteiger partial charge is 0.0509 e. The molecule has 0 saturated carbocycles. The summed E-state index contributed by atoms with van der Waals surface area (Å²) in [5, 5.41) is 38.1. The summed E-state index contributed by atoms with van der Waals surface area (Å²) in [6.45, 7) is 0. The molecule has 0 atom stereocenters. The molecule has 0 radical (unpaired) electrons. The molecule has 0 aliphatic carbocycles. The highest BCUT2D eigenvalue weighted by atomic mass is 16.8. The van der Waals surface area contributed by atoms with Crippen molar-refractivity contribution in [3.8, 4) is 11.8 Å². The maximum absolute atomic E-state index is 10.6. The van der Waals surface area contributed by atoms with Crippen LogP contribution in [0.15, 0.2) is 48.5 Å². The summed E-state index contributed by atoms with van der Waals surface area (Å²) in [4.78, 5) is 0. The summed E-state index contributed by atoms with van der Waals surface area (Å²) in [5.41, 5.74) is 1.59. The van der Waals surface area contributed by atoms with Crippen LogP contribution in [0.3, 0.4) is 0 Å². The highest BCUT2D eigenvalue weighted by Gasteiger charge is 1.93. The second kappa shape index (κ2) is 6.06. The van der Waals surface area contributed by atoms with Gasteiger partial charge >= 0.3 is 0 Å². The molecular weight excluding hydrogens is 260 g/mol. The molecule has 0 saturated heterocycles. The van der Waals surface area contributed by atoms with Crippen LogP contribution in [-0.2, 0) is 0 Å². The molecule has 0 aliphatic heterocycles. The molecule has 6 heteroatoms. The average Bonchev–Trinajstić information content (AvgIpc) is 2.46. The van der Waals surface area contributed by atoms with Gasteiger partial charge in [-0.05, 0) is 48.5 Å². The fraction of sp³-hybridized carbons (Fsp3) is 0. The van der Waals surface area contributed by atoms with E-state index in [1.54, 1.807) is 24.3 Å². The van der Waals surface area contributed by atoms with Gasteiger partial charge in [0.1, 0.15) is 0 Å². The Morgan fingerprint density at radius 1 is 0.650 bits per heavy atom. The van der Waals surface area contributed by atoms with Crippen LogP contribution in [0.2, 0.25) is 0 Å². The van der Waals surface area contributed by atoms with Crippen LogP contribution in [0.25, 0.3) is 0 Å². The lowest BCUT2D eigenvalue weighted by molar-refractivity contribution is 0.296. The van der Waals surface area contributed by atoms with Crippen molar-refractivity contribution in [2.45, 2.75) is 0 Å². The Labute approximate surface area is 115 Å². The van der Waals surface area contributed by atoms with Crippen molar-refractivity contribution in [2.24, 2.45) is 0 Å². The molecule has 0 aliphatic rings. The van der Waals surface area contributed by atoms with E-state index in [0.717, 1.165) is 0 Å². The molecule has 0 amide bonds. The van der Waals surface area contributed by atoms with Crippen LogP contribution < -0.4 is 10.5 Å². The highest BCUT2D eigenvalue weighted by Crippen LogP contribution is 2.13. The topological polar surface area (TPSA) is 93.1 Å². The summed E-state index contributed by atoms with van der Waals surface area (Å²) in [6, 6.07) is 12.2. The predicted octanol–water partition coefficient (Wildman–Crippen LogP) is 2.47. The fourth-order valence-corrected chi connectivity index (χ4v) is 1.49. The van der Waals surface area contributed by atoms with Gasteiger partial charge in [0.15, 0.2) is 0 Å². The van der Waals surface area contributed by atoms with Crippen molar-refractivity contribution in [2.75, 3.05) is 10.5 Å². The normalized spacial score (nSPS) is 9.60. The van der Waals surface area contributed by atoms with Crippen LogP contribution in [0.5, 0.6) is 0 Å². The monoisotopic (exact) mass is 270 g/mol. The molecule has 2 rings (SSSR count). The van der Waals surface area contributed by atoms with E-state index in [4.69, 9.17) is 10.4 Å². The summed E-state index contributed by atoms with van der Waals surface area (Å²) >= 11 is 0. The van der Waals surface area contributed by atoms with Crippen LogP contribution in [0.4, 0.5) is 11.4 Å². The van der Waals surface area contributed by atoms with E-state index in [0.29, 0.717) is 11.1 Å².